The molecule has 0 unspecified atom stereocenters. The van der Waals surface area contributed by atoms with Gasteiger partial charge in [0.05, 0.1) is 0 Å². The van der Waals surface area contributed by atoms with Crippen LogP contribution in [0, 0.1) is 0 Å². The van der Waals surface area contributed by atoms with Crippen LogP contribution in [0.2, 0.25) is 0 Å². The Hall–Kier alpha value is -2.80. The molecule has 3 aromatic carbocycles. The highest BCUT2D eigenvalue weighted by molar-refractivity contribution is 5.77. The van der Waals surface area contributed by atoms with Crippen LogP contribution >= 0.6 is 0 Å². The van der Waals surface area contributed by atoms with E-state index in [9.17, 15) is 0 Å². The molecular formula is C21H19N. The van der Waals surface area contributed by atoms with Crippen molar-refractivity contribution in [1.29, 1.82) is 0 Å². The number of para-hydroxylation sites is 1. The van der Waals surface area contributed by atoms with E-state index in [0.717, 1.165) is 12.2 Å². The van der Waals surface area contributed by atoms with E-state index in [2.05, 4.69) is 90.3 Å². The van der Waals surface area contributed by atoms with Crippen molar-refractivity contribution in [2.75, 3.05) is 11.9 Å². The van der Waals surface area contributed by atoms with Crippen LogP contribution in [-0.4, -0.2) is 6.54 Å². The summed E-state index contributed by atoms with van der Waals surface area (Å²) in [5.41, 5.74) is 4.85. The van der Waals surface area contributed by atoms with Crippen molar-refractivity contribution in [1.82, 2.24) is 0 Å². The molecule has 0 aromatic heterocycles. The molecule has 0 amide bonds. The maximum atomic E-state index is 3.50. The van der Waals surface area contributed by atoms with E-state index in [4.69, 9.17) is 0 Å². The van der Waals surface area contributed by atoms with E-state index in [-0.39, 0.29) is 0 Å². The van der Waals surface area contributed by atoms with E-state index < -0.39 is 0 Å². The number of nitrogens with one attached hydrogen (secondary N) is 1. The Bertz CT molecular complexity index is 730. The normalized spacial score (nSPS) is 10.7. The molecule has 0 radical (unpaired) electrons. The van der Waals surface area contributed by atoms with Crippen molar-refractivity contribution >= 4 is 11.8 Å². The quantitative estimate of drug-likeness (QED) is 0.654. The van der Waals surface area contributed by atoms with Gasteiger partial charge in [-0.15, -0.1) is 0 Å². The maximum Gasteiger partial charge on any atom is 0.0422 e. The first-order valence-corrected chi connectivity index (χ1v) is 7.53. The molecule has 108 valence electrons. The molecule has 3 rings (SSSR count). The SMILES string of the molecule is C(=C\c1ccccc1)/CNc1ccccc1-c1ccccc1. The van der Waals surface area contributed by atoms with Crippen molar-refractivity contribution in [3.8, 4) is 11.1 Å². The van der Waals surface area contributed by atoms with Gasteiger partial charge in [-0.1, -0.05) is 91.0 Å². The molecule has 3 aromatic rings. The zero-order valence-electron chi connectivity index (χ0n) is 12.4. The molecule has 0 fully saturated rings. The second kappa shape index (κ2) is 7.28. The summed E-state index contributed by atoms with van der Waals surface area (Å²) in [6, 6.07) is 29.2. The number of hydrogen-bond donors (Lipinski definition) is 1. The third-order valence-corrected chi connectivity index (χ3v) is 3.53. The maximum absolute atomic E-state index is 3.50. The summed E-state index contributed by atoms with van der Waals surface area (Å²) >= 11 is 0. The van der Waals surface area contributed by atoms with Gasteiger partial charge in [-0.25, -0.2) is 0 Å². The van der Waals surface area contributed by atoms with Gasteiger partial charge in [0.15, 0.2) is 0 Å². The largest absolute Gasteiger partial charge is 0.381 e. The Balaban J connectivity index is 1.70. The van der Waals surface area contributed by atoms with Gasteiger partial charge >= 0.3 is 0 Å². The summed E-state index contributed by atoms with van der Waals surface area (Å²) in [4.78, 5) is 0. The fourth-order valence-electron chi connectivity index (χ4n) is 2.43. The lowest BCUT2D eigenvalue weighted by Gasteiger charge is -2.10. The minimum Gasteiger partial charge on any atom is -0.381 e. The summed E-state index contributed by atoms with van der Waals surface area (Å²) in [5, 5.41) is 3.50. The van der Waals surface area contributed by atoms with Gasteiger partial charge in [0.2, 0.25) is 0 Å². The molecule has 0 bridgehead atoms. The standard InChI is InChI=1S/C21H19N/c1-3-10-18(11-4-1)12-9-17-22-21-16-8-7-15-20(21)19-13-5-2-6-14-19/h1-16,22H,17H2/b12-9+. The molecule has 0 aliphatic heterocycles. The fraction of sp³-hybridized carbons (Fsp3) is 0.0476. The molecule has 0 spiro atoms. The van der Waals surface area contributed by atoms with Crippen molar-refractivity contribution in [2.24, 2.45) is 0 Å². The van der Waals surface area contributed by atoms with Gasteiger partial charge in [0.1, 0.15) is 0 Å². The van der Waals surface area contributed by atoms with Crippen LogP contribution < -0.4 is 5.32 Å². The zero-order chi connectivity index (χ0) is 15.0. The molecule has 1 heteroatoms. The summed E-state index contributed by atoms with van der Waals surface area (Å²) in [6.07, 6.45) is 4.29. The lowest BCUT2D eigenvalue weighted by Crippen LogP contribution is -1.99. The first kappa shape index (κ1) is 14.2. The lowest BCUT2D eigenvalue weighted by molar-refractivity contribution is 1.34. The minimum atomic E-state index is 0.804. The average molecular weight is 285 g/mol. The Morgan fingerprint density at radius 2 is 1.32 bits per heavy atom. The van der Waals surface area contributed by atoms with E-state index in [0.29, 0.717) is 0 Å². The molecular weight excluding hydrogens is 266 g/mol. The van der Waals surface area contributed by atoms with Crippen LogP contribution in [0.5, 0.6) is 0 Å². The highest BCUT2D eigenvalue weighted by atomic mass is 14.9. The molecule has 0 aliphatic carbocycles. The van der Waals surface area contributed by atoms with Gasteiger partial charge < -0.3 is 5.32 Å². The van der Waals surface area contributed by atoms with E-state index in [1.165, 1.54) is 16.7 Å². The summed E-state index contributed by atoms with van der Waals surface area (Å²) < 4.78 is 0. The van der Waals surface area contributed by atoms with E-state index in [1.54, 1.807) is 0 Å². The molecule has 0 atom stereocenters. The third-order valence-electron chi connectivity index (χ3n) is 3.53. The van der Waals surface area contributed by atoms with Crippen LogP contribution in [0.3, 0.4) is 0 Å². The molecule has 0 heterocycles. The van der Waals surface area contributed by atoms with Gasteiger partial charge in [-0.05, 0) is 17.2 Å². The Morgan fingerprint density at radius 3 is 2.09 bits per heavy atom. The van der Waals surface area contributed by atoms with Gasteiger partial charge in [-0.3, -0.25) is 0 Å². The van der Waals surface area contributed by atoms with Crippen molar-refractivity contribution in [3.05, 3.63) is 96.6 Å². The second-order valence-corrected chi connectivity index (χ2v) is 5.11. The van der Waals surface area contributed by atoms with Crippen LogP contribution in [0.15, 0.2) is 91.0 Å². The highest BCUT2D eigenvalue weighted by Crippen LogP contribution is 2.27. The van der Waals surface area contributed by atoms with Crippen LogP contribution in [0.4, 0.5) is 5.69 Å². The smallest absolute Gasteiger partial charge is 0.0422 e. The van der Waals surface area contributed by atoms with Gasteiger partial charge in [0, 0.05) is 17.8 Å². The molecule has 1 nitrogen and oxygen atoms in total. The first-order valence-electron chi connectivity index (χ1n) is 7.53. The predicted octanol–water partition coefficient (Wildman–Crippen LogP) is 5.48. The number of rotatable bonds is 5. The second-order valence-electron chi connectivity index (χ2n) is 5.11. The summed E-state index contributed by atoms with van der Waals surface area (Å²) in [7, 11) is 0. The monoisotopic (exact) mass is 285 g/mol. The van der Waals surface area contributed by atoms with E-state index >= 15 is 0 Å². The number of anilines is 1. The lowest BCUT2D eigenvalue weighted by atomic mass is 10.0. The van der Waals surface area contributed by atoms with E-state index in [1.807, 2.05) is 12.1 Å². The van der Waals surface area contributed by atoms with Crippen molar-refractivity contribution in [3.63, 3.8) is 0 Å². The molecule has 22 heavy (non-hydrogen) atoms. The molecule has 0 saturated carbocycles. The summed E-state index contributed by atoms with van der Waals surface area (Å²) in [6.45, 7) is 0.804. The van der Waals surface area contributed by atoms with Crippen LogP contribution in [0.1, 0.15) is 5.56 Å². The topological polar surface area (TPSA) is 12.0 Å². The average Bonchev–Trinajstić information content (AvgIpc) is 2.61. The summed E-state index contributed by atoms with van der Waals surface area (Å²) in [5.74, 6) is 0. The third kappa shape index (κ3) is 3.64. The predicted molar refractivity (Wildman–Crippen MR) is 95.8 cm³/mol. The van der Waals surface area contributed by atoms with Crippen molar-refractivity contribution < 1.29 is 0 Å². The number of hydrogen-bond acceptors (Lipinski definition) is 1. The number of benzene rings is 3. The Labute approximate surface area is 132 Å². The van der Waals surface area contributed by atoms with Crippen LogP contribution in [0.25, 0.3) is 17.2 Å². The Kier molecular flexibility index (Phi) is 4.68. The Morgan fingerprint density at radius 1 is 0.682 bits per heavy atom. The fourth-order valence-corrected chi connectivity index (χ4v) is 2.43. The zero-order valence-corrected chi connectivity index (χ0v) is 12.4. The van der Waals surface area contributed by atoms with Crippen molar-refractivity contribution in [2.45, 2.75) is 0 Å². The van der Waals surface area contributed by atoms with Crippen LogP contribution in [-0.2, 0) is 0 Å². The molecule has 0 aliphatic rings. The van der Waals surface area contributed by atoms with Gasteiger partial charge in [0.25, 0.3) is 0 Å². The molecule has 0 saturated heterocycles. The molecule has 1 N–H and O–H groups in total. The first-order chi connectivity index (χ1) is 10.9. The minimum absolute atomic E-state index is 0.804. The van der Waals surface area contributed by atoms with Gasteiger partial charge in [-0.2, -0.15) is 0 Å². The highest BCUT2D eigenvalue weighted by Gasteiger charge is 2.02.